The van der Waals surface area contributed by atoms with Gasteiger partial charge in [-0.1, -0.05) is 11.2 Å². The molecule has 0 aliphatic heterocycles. The third kappa shape index (κ3) is 1.86. The van der Waals surface area contributed by atoms with Crippen LogP contribution in [0.1, 0.15) is 5.76 Å². The van der Waals surface area contributed by atoms with Crippen LogP contribution in [0.4, 0.5) is 11.4 Å². The standard InChI is InChI=1S/C13H12N4O/c14-13-11-4-5-15-7-9(11)1-2-12(13)16-8-10-3-6-17-18-10/h1-7,16H,8,14H2. The summed E-state index contributed by atoms with van der Waals surface area (Å²) in [4.78, 5) is 4.07. The van der Waals surface area contributed by atoms with Crippen LogP contribution in [0.5, 0.6) is 0 Å². The second-order valence-corrected chi connectivity index (χ2v) is 3.96. The Balaban J connectivity index is 1.90. The Bertz CT molecular complexity index is 664. The average molecular weight is 240 g/mol. The number of pyridine rings is 1. The molecule has 2 heterocycles. The monoisotopic (exact) mass is 240 g/mol. The second-order valence-electron chi connectivity index (χ2n) is 3.96. The van der Waals surface area contributed by atoms with Gasteiger partial charge in [0.2, 0.25) is 0 Å². The summed E-state index contributed by atoms with van der Waals surface area (Å²) in [6, 6.07) is 7.65. The molecule has 0 bridgehead atoms. The number of nitrogens with zero attached hydrogens (tertiary/aromatic N) is 2. The molecule has 5 nitrogen and oxygen atoms in total. The van der Waals surface area contributed by atoms with Gasteiger partial charge in [0.15, 0.2) is 5.76 Å². The highest BCUT2D eigenvalue weighted by atomic mass is 16.5. The summed E-state index contributed by atoms with van der Waals surface area (Å²) >= 11 is 0. The summed E-state index contributed by atoms with van der Waals surface area (Å²) < 4.78 is 5.02. The van der Waals surface area contributed by atoms with Crippen molar-refractivity contribution in [2.24, 2.45) is 0 Å². The van der Waals surface area contributed by atoms with Crippen molar-refractivity contribution in [3.8, 4) is 0 Å². The third-order valence-electron chi connectivity index (χ3n) is 2.81. The van der Waals surface area contributed by atoms with Crippen molar-refractivity contribution in [3.05, 3.63) is 48.6 Å². The number of aromatic nitrogens is 2. The first-order chi connectivity index (χ1) is 8.84. The van der Waals surface area contributed by atoms with E-state index >= 15 is 0 Å². The van der Waals surface area contributed by atoms with Gasteiger partial charge in [-0.15, -0.1) is 0 Å². The molecular formula is C13H12N4O. The van der Waals surface area contributed by atoms with Crippen LogP contribution in [-0.4, -0.2) is 10.1 Å². The number of nitrogens with one attached hydrogen (secondary N) is 1. The number of benzene rings is 1. The number of rotatable bonds is 3. The molecule has 0 saturated carbocycles. The fourth-order valence-electron chi connectivity index (χ4n) is 1.86. The molecule has 2 aromatic heterocycles. The predicted molar refractivity (Wildman–Crippen MR) is 70.0 cm³/mol. The van der Waals surface area contributed by atoms with Crippen LogP contribution in [0.3, 0.4) is 0 Å². The molecule has 0 fully saturated rings. The van der Waals surface area contributed by atoms with E-state index in [0.29, 0.717) is 6.54 Å². The molecule has 0 radical (unpaired) electrons. The highest BCUT2D eigenvalue weighted by molar-refractivity contribution is 5.98. The van der Waals surface area contributed by atoms with E-state index in [-0.39, 0.29) is 0 Å². The topological polar surface area (TPSA) is 77.0 Å². The molecule has 0 aliphatic rings. The normalized spacial score (nSPS) is 10.7. The first-order valence-electron chi connectivity index (χ1n) is 5.60. The molecule has 0 unspecified atom stereocenters. The number of anilines is 2. The summed E-state index contributed by atoms with van der Waals surface area (Å²) in [5.41, 5.74) is 7.72. The lowest BCUT2D eigenvalue weighted by molar-refractivity contribution is 0.388. The molecule has 18 heavy (non-hydrogen) atoms. The van der Waals surface area contributed by atoms with E-state index in [1.54, 1.807) is 18.6 Å². The largest absolute Gasteiger partial charge is 0.397 e. The van der Waals surface area contributed by atoms with E-state index in [1.165, 1.54) is 0 Å². The van der Waals surface area contributed by atoms with Gasteiger partial charge < -0.3 is 15.6 Å². The molecule has 3 aromatic rings. The molecular weight excluding hydrogens is 228 g/mol. The lowest BCUT2D eigenvalue weighted by Gasteiger charge is -2.10. The van der Waals surface area contributed by atoms with Crippen molar-refractivity contribution in [1.82, 2.24) is 10.1 Å². The molecule has 0 saturated heterocycles. The minimum Gasteiger partial charge on any atom is -0.397 e. The van der Waals surface area contributed by atoms with Crippen LogP contribution < -0.4 is 11.1 Å². The van der Waals surface area contributed by atoms with Gasteiger partial charge in [-0.25, -0.2) is 0 Å². The van der Waals surface area contributed by atoms with E-state index < -0.39 is 0 Å². The summed E-state index contributed by atoms with van der Waals surface area (Å²) in [5.74, 6) is 0.768. The third-order valence-corrected chi connectivity index (χ3v) is 2.81. The minimum absolute atomic E-state index is 0.556. The highest BCUT2D eigenvalue weighted by Gasteiger charge is 2.05. The van der Waals surface area contributed by atoms with Crippen molar-refractivity contribution >= 4 is 22.1 Å². The summed E-state index contributed by atoms with van der Waals surface area (Å²) in [6.07, 6.45) is 5.15. The Morgan fingerprint density at radius 2 is 2.11 bits per heavy atom. The van der Waals surface area contributed by atoms with Gasteiger partial charge in [-0.2, -0.15) is 0 Å². The number of hydrogen-bond acceptors (Lipinski definition) is 5. The van der Waals surface area contributed by atoms with E-state index in [2.05, 4.69) is 15.5 Å². The first-order valence-corrected chi connectivity index (χ1v) is 5.60. The van der Waals surface area contributed by atoms with E-state index in [1.807, 2.05) is 24.3 Å². The Hall–Kier alpha value is -2.56. The van der Waals surface area contributed by atoms with Gasteiger partial charge in [-0.3, -0.25) is 4.98 Å². The molecule has 0 spiro atoms. The Labute approximate surface area is 104 Å². The Kier molecular flexibility index (Phi) is 2.57. The zero-order chi connectivity index (χ0) is 12.4. The van der Waals surface area contributed by atoms with Gasteiger partial charge in [0.25, 0.3) is 0 Å². The first kappa shape index (κ1) is 10.6. The van der Waals surface area contributed by atoms with Crippen molar-refractivity contribution < 1.29 is 4.52 Å². The smallest absolute Gasteiger partial charge is 0.155 e. The lowest BCUT2D eigenvalue weighted by atomic mass is 10.1. The van der Waals surface area contributed by atoms with E-state index in [9.17, 15) is 0 Å². The molecule has 0 amide bonds. The predicted octanol–water partition coefficient (Wildman–Crippen LogP) is 2.42. The number of nitrogens with two attached hydrogens (primary N) is 1. The van der Waals surface area contributed by atoms with Crippen molar-refractivity contribution in [3.63, 3.8) is 0 Å². The summed E-state index contributed by atoms with van der Waals surface area (Å²) in [6.45, 7) is 0.556. The quantitative estimate of drug-likeness (QED) is 0.687. The van der Waals surface area contributed by atoms with Crippen LogP contribution in [-0.2, 0) is 6.54 Å². The summed E-state index contributed by atoms with van der Waals surface area (Å²) in [5, 5.41) is 8.90. The zero-order valence-corrected chi connectivity index (χ0v) is 9.63. The van der Waals surface area contributed by atoms with Gasteiger partial charge >= 0.3 is 0 Å². The molecule has 3 rings (SSSR count). The number of fused-ring (bicyclic) bond motifs is 1. The fraction of sp³-hybridized carbons (Fsp3) is 0.0769. The van der Waals surface area contributed by atoms with Gasteiger partial charge in [0, 0.05) is 29.2 Å². The Morgan fingerprint density at radius 3 is 2.94 bits per heavy atom. The zero-order valence-electron chi connectivity index (χ0n) is 9.63. The highest BCUT2D eigenvalue weighted by Crippen LogP contribution is 2.28. The number of nitrogen functional groups attached to an aromatic ring is 1. The van der Waals surface area contributed by atoms with Crippen LogP contribution in [0, 0.1) is 0 Å². The molecule has 0 atom stereocenters. The average Bonchev–Trinajstić information content (AvgIpc) is 2.91. The molecule has 90 valence electrons. The molecule has 5 heteroatoms. The van der Waals surface area contributed by atoms with Crippen LogP contribution in [0.2, 0.25) is 0 Å². The van der Waals surface area contributed by atoms with Crippen LogP contribution >= 0.6 is 0 Å². The van der Waals surface area contributed by atoms with Crippen LogP contribution in [0.25, 0.3) is 10.8 Å². The minimum atomic E-state index is 0.556. The summed E-state index contributed by atoms with van der Waals surface area (Å²) in [7, 11) is 0. The molecule has 1 aromatic carbocycles. The van der Waals surface area contributed by atoms with Crippen molar-refractivity contribution in [2.45, 2.75) is 6.54 Å². The molecule has 3 N–H and O–H groups in total. The van der Waals surface area contributed by atoms with E-state index in [0.717, 1.165) is 27.9 Å². The molecule has 0 aliphatic carbocycles. The maximum atomic E-state index is 6.12. The van der Waals surface area contributed by atoms with Crippen molar-refractivity contribution in [2.75, 3.05) is 11.1 Å². The van der Waals surface area contributed by atoms with Crippen molar-refractivity contribution in [1.29, 1.82) is 0 Å². The number of hydrogen-bond donors (Lipinski definition) is 2. The lowest BCUT2D eigenvalue weighted by Crippen LogP contribution is -2.02. The van der Waals surface area contributed by atoms with E-state index in [4.69, 9.17) is 10.3 Å². The fourth-order valence-corrected chi connectivity index (χ4v) is 1.86. The van der Waals surface area contributed by atoms with Gasteiger partial charge in [0.05, 0.1) is 24.1 Å². The van der Waals surface area contributed by atoms with Gasteiger partial charge in [0.1, 0.15) is 0 Å². The second kappa shape index (κ2) is 4.37. The Morgan fingerprint density at radius 1 is 1.17 bits per heavy atom. The maximum absolute atomic E-state index is 6.12. The van der Waals surface area contributed by atoms with Gasteiger partial charge in [-0.05, 0) is 12.1 Å². The maximum Gasteiger partial charge on any atom is 0.155 e. The SMILES string of the molecule is Nc1c(NCc2ccno2)ccc2cnccc12. The van der Waals surface area contributed by atoms with Crippen LogP contribution in [0.15, 0.2) is 47.4 Å².